The maximum absolute atomic E-state index is 12.6. The molecular weight excluding hydrogens is 390 g/mol. The van der Waals surface area contributed by atoms with Crippen molar-refractivity contribution < 1.29 is 22.7 Å². The highest BCUT2D eigenvalue weighted by Gasteiger charge is 2.28. The van der Waals surface area contributed by atoms with Crippen molar-refractivity contribution in [2.45, 2.75) is 19.9 Å². The van der Waals surface area contributed by atoms with Gasteiger partial charge >= 0.3 is 0 Å². The van der Waals surface area contributed by atoms with Gasteiger partial charge in [-0.2, -0.15) is 4.31 Å². The van der Waals surface area contributed by atoms with Gasteiger partial charge in [0.2, 0.25) is 10.0 Å². The van der Waals surface area contributed by atoms with Crippen LogP contribution in [-0.4, -0.2) is 50.1 Å². The van der Waals surface area contributed by atoms with Gasteiger partial charge in [-0.15, -0.1) is 11.3 Å². The number of fused-ring (bicyclic) bond motifs is 1. The fourth-order valence-corrected chi connectivity index (χ4v) is 4.96. The molecule has 1 aliphatic rings. The third-order valence-electron chi connectivity index (χ3n) is 4.33. The van der Waals surface area contributed by atoms with E-state index in [-0.39, 0.29) is 11.7 Å². The first-order valence-corrected chi connectivity index (χ1v) is 10.8. The third-order valence-corrected chi connectivity index (χ3v) is 7.15. The Bertz CT molecular complexity index is 955. The van der Waals surface area contributed by atoms with Crippen LogP contribution in [0, 0.1) is 0 Å². The Morgan fingerprint density at radius 1 is 1.33 bits per heavy atom. The first-order valence-electron chi connectivity index (χ1n) is 8.37. The number of ether oxygens (including phenoxy) is 2. The number of carbonyl (C=O) groups is 1. The van der Waals surface area contributed by atoms with Crippen LogP contribution in [0.5, 0.6) is 11.5 Å². The van der Waals surface area contributed by atoms with E-state index in [0.29, 0.717) is 41.7 Å². The van der Waals surface area contributed by atoms with E-state index in [1.54, 1.807) is 25.1 Å². The number of hydrogen-bond donors (Lipinski definition) is 1. The standard InChI is InChI=1S/C17H21N3O5S2/c1-4-27(22,23)20-8-7-13-15(10-20)26-17(18-13)19-16(21)12-6-5-11(24-2)9-14(12)25-3/h5-6,9H,4,7-8,10H2,1-3H3,(H,18,19,21). The second-order valence-corrected chi connectivity index (χ2v) is 9.23. The second kappa shape index (κ2) is 7.83. The largest absolute Gasteiger partial charge is 0.497 e. The Labute approximate surface area is 162 Å². The molecule has 1 aromatic carbocycles. The number of benzene rings is 1. The van der Waals surface area contributed by atoms with Crippen molar-refractivity contribution in [2.75, 3.05) is 31.8 Å². The lowest BCUT2D eigenvalue weighted by Gasteiger charge is -2.24. The van der Waals surface area contributed by atoms with Gasteiger partial charge in [0.25, 0.3) is 5.91 Å². The number of hydrogen-bond acceptors (Lipinski definition) is 7. The molecule has 0 saturated carbocycles. The molecule has 1 aromatic heterocycles. The van der Waals surface area contributed by atoms with E-state index >= 15 is 0 Å². The molecule has 0 fully saturated rings. The number of anilines is 1. The Hall–Kier alpha value is -2.17. The highest BCUT2D eigenvalue weighted by atomic mass is 32.2. The molecule has 8 nitrogen and oxygen atoms in total. The number of aromatic nitrogens is 1. The Morgan fingerprint density at radius 3 is 2.78 bits per heavy atom. The SMILES string of the molecule is CCS(=O)(=O)N1CCc2nc(NC(=O)c3ccc(OC)cc3OC)sc2C1. The van der Waals surface area contributed by atoms with E-state index in [0.717, 1.165) is 10.6 Å². The van der Waals surface area contributed by atoms with E-state index in [1.165, 1.54) is 29.9 Å². The topological polar surface area (TPSA) is 97.8 Å². The average Bonchev–Trinajstić information content (AvgIpc) is 3.08. The van der Waals surface area contributed by atoms with Gasteiger partial charge in [0.1, 0.15) is 11.5 Å². The number of nitrogens with zero attached hydrogens (tertiary/aromatic N) is 2. The van der Waals surface area contributed by atoms with E-state index in [9.17, 15) is 13.2 Å². The normalized spacial score (nSPS) is 14.5. The van der Waals surface area contributed by atoms with Gasteiger partial charge in [-0.05, 0) is 19.1 Å². The summed E-state index contributed by atoms with van der Waals surface area (Å²) in [4.78, 5) is 17.9. The maximum Gasteiger partial charge on any atom is 0.261 e. The zero-order valence-electron chi connectivity index (χ0n) is 15.3. The predicted molar refractivity (Wildman–Crippen MR) is 103 cm³/mol. The minimum Gasteiger partial charge on any atom is -0.497 e. The van der Waals surface area contributed by atoms with Crippen molar-refractivity contribution in [3.8, 4) is 11.5 Å². The molecule has 0 spiro atoms. The number of carbonyl (C=O) groups excluding carboxylic acids is 1. The number of methoxy groups -OCH3 is 2. The van der Waals surface area contributed by atoms with Crippen LogP contribution < -0.4 is 14.8 Å². The summed E-state index contributed by atoms with van der Waals surface area (Å²) < 4.78 is 36.0. The molecule has 1 aliphatic heterocycles. The van der Waals surface area contributed by atoms with Gasteiger partial charge < -0.3 is 9.47 Å². The van der Waals surface area contributed by atoms with Gasteiger partial charge in [-0.25, -0.2) is 13.4 Å². The first-order chi connectivity index (χ1) is 12.9. The highest BCUT2D eigenvalue weighted by molar-refractivity contribution is 7.89. The van der Waals surface area contributed by atoms with Gasteiger partial charge in [-0.1, -0.05) is 0 Å². The summed E-state index contributed by atoms with van der Waals surface area (Å²) >= 11 is 1.30. The Morgan fingerprint density at radius 2 is 2.11 bits per heavy atom. The smallest absolute Gasteiger partial charge is 0.261 e. The first kappa shape index (κ1) is 19.6. The van der Waals surface area contributed by atoms with Gasteiger partial charge in [0.15, 0.2) is 5.13 Å². The monoisotopic (exact) mass is 411 g/mol. The number of rotatable bonds is 6. The van der Waals surface area contributed by atoms with Crippen LogP contribution in [0.2, 0.25) is 0 Å². The fourth-order valence-electron chi connectivity index (χ4n) is 2.80. The van der Waals surface area contributed by atoms with Crippen molar-refractivity contribution >= 4 is 32.4 Å². The summed E-state index contributed by atoms with van der Waals surface area (Å²) in [6, 6.07) is 4.93. The zero-order chi connectivity index (χ0) is 19.6. The van der Waals surface area contributed by atoms with Crippen LogP contribution in [0.3, 0.4) is 0 Å². The Kier molecular flexibility index (Phi) is 5.68. The molecule has 0 radical (unpaired) electrons. The van der Waals surface area contributed by atoms with E-state index in [4.69, 9.17) is 9.47 Å². The molecular formula is C17H21N3O5S2. The predicted octanol–water partition coefficient (Wildman–Crippen LogP) is 2.12. The maximum atomic E-state index is 12.6. The molecule has 3 rings (SSSR count). The molecule has 0 saturated heterocycles. The molecule has 27 heavy (non-hydrogen) atoms. The molecule has 0 unspecified atom stereocenters. The number of thiazole rings is 1. The number of sulfonamides is 1. The summed E-state index contributed by atoms with van der Waals surface area (Å²) in [5, 5.41) is 3.22. The highest BCUT2D eigenvalue weighted by Crippen LogP contribution is 2.31. The number of nitrogens with one attached hydrogen (secondary N) is 1. The lowest BCUT2D eigenvalue weighted by atomic mass is 10.2. The lowest BCUT2D eigenvalue weighted by Crippen LogP contribution is -2.36. The zero-order valence-corrected chi connectivity index (χ0v) is 16.9. The summed E-state index contributed by atoms with van der Waals surface area (Å²) in [6.45, 7) is 2.34. The van der Waals surface area contributed by atoms with Crippen LogP contribution in [0.15, 0.2) is 18.2 Å². The van der Waals surface area contributed by atoms with Crippen molar-refractivity contribution in [3.63, 3.8) is 0 Å². The van der Waals surface area contributed by atoms with E-state index in [1.807, 2.05) is 0 Å². The van der Waals surface area contributed by atoms with Crippen LogP contribution in [-0.2, 0) is 23.0 Å². The summed E-state index contributed by atoms with van der Waals surface area (Å²) in [6.07, 6.45) is 0.535. The van der Waals surface area contributed by atoms with Crippen molar-refractivity contribution in [2.24, 2.45) is 0 Å². The lowest BCUT2D eigenvalue weighted by molar-refractivity contribution is 0.102. The molecule has 1 N–H and O–H groups in total. The molecule has 0 aliphatic carbocycles. The molecule has 1 amide bonds. The number of amides is 1. The van der Waals surface area contributed by atoms with Crippen molar-refractivity contribution in [1.29, 1.82) is 0 Å². The third kappa shape index (κ3) is 4.07. The summed E-state index contributed by atoms with van der Waals surface area (Å²) in [7, 11) is -0.219. The van der Waals surface area contributed by atoms with Crippen LogP contribution in [0.1, 0.15) is 27.9 Å². The fraction of sp³-hybridized carbons (Fsp3) is 0.412. The molecule has 0 atom stereocenters. The summed E-state index contributed by atoms with van der Waals surface area (Å²) in [5.74, 6) is 0.708. The summed E-state index contributed by atoms with van der Waals surface area (Å²) in [5.41, 5.74) is 1.20. The molecule has 0 bridgehead atoms. The van der Waals surface area contributed by atoms with Crippen LogP contribution in [0.4, 0.5) is 5.13 Å². The minimum atomic E-state index is -3.24. The van der Waals surface area contributed by atoms with Gasteiger partial charge in [0.05, 0.1) is 31.2 Å². The Balaban J connectivity index is 1.78. The van der Waals surface area contributed by atoms with Crippen LogP contribution in [0.25, 0.3) is 0 Å². The molecule has 146 valence electrons. The van der Waals surface area contributed by atoms with Gasteiger partial charge in [-0.3, -0.25) is 10.1 Å². The molecule has 10 heteroatoms. The molecule has 2 heterocycles. The van der Waals surface area contributed by atoms with E-state index in [2.05, 4.69) is 10.3 Å². The van der Waals surface area contributed by atoms with Crippen LogP contribution >= 0.6 is 11.3 Å². The average molecular weight is 412 g/mol. The van der Waals surface area contributed by atoms with Crippen molar-refractivity contribution in [1.82, 2.24) is 9.29 Å². The second-order valence-electron chi connectivity index (χ2n) is 5.89. The quantitative estimate of drug-likeness (QED) is 0.782. The van der Waals surface area contributed by atoms with Gasteiger partial charge in [0, 0.05) is 30.5 Å². The van der Waals surface area contributed by atoms with Crippen molar-refractivity contribution in [3.05, 3.63) is 34.3 Å². The minimum absolute atomic E-state index is 0.0714. The van der Waals surface area contributed by atoms with E-state index < -0.39 is 10.0 Å². The molecule has 2 aromatic rings.